The molecule has 1 aliphatic heterocycles. The van der Waals surface area contributed by atoms with Crippen LogP contribution in [0.2, 0.25) is 0 Å². The molecule has 0 bridgehead atoms. The van der Waals surface area contributed by atoms with Crippen LogP contribution in [0, 0.1) is 0 Å². The van der Waals surface area contributed by atoms with Crippen molar-refractivity contribution >= 4 is 9.84 Å². The molecule has 1 unspecified atom stereocenters. The van der Waals surface area contributed by atoms with Gasteiger partial charge < -0.3 is 15.5 Å². The highest BCUT2D eigenvalue weighted by atomic mass is 32.2. The Bertz CT molecular complexity index is 297. The maximum absolute atomic E-state index is 11.4. The van der Waals surface area contributed by atoms with Crippen molar-refractivity contribution in [3.63, 3.8) is 0 Å². The molecule has 0 aromatic heterocycles. The van der Waals surface area contributed by atoms with Gasteiger partial charge in [0.25, 0.3) is 0 Å². The van der Waals surface area contributed by atoms with E-state index in [-0.39, 0.29) is 30.8 Å². The number of hydrogen-bond donors (Lipinski definition) is 3. The highest BCUT2D eigenvalue weighted by molar-refractivity contribution is 7.91. The molecule has 5 nitrogen and oxygen atoms in total. The van der Waals surface area contributed by atoms with E-state index in [9.17, 15) is 8.42 Å². The molecule has 6 heteroatoms. The van der Waals surface area contributed by atoms with E-state index in [1.807, 2.05) is 0 Å². The molecule has 90 valence electrons. The molecular formula is C9H19NO4S. The van der Waals surface area contributed by atoms with Crippen LogP contribution in [0.5, 0.6) is 0 Å². The van der Waals surface area contributed by atoms with Crippen molar-refractivity contribution in [2.45, 2.75) is 31.3 Å². The van der Waals surface area contributed by atoms with E-state index < -0.39 is 15.4 Å². The van der Waals surface area contributed by atoms with Crippen LogP contribution in [0.15, 0.2) is 0 Å². The summed E-state index contributed by atoms with van der Waals surface area (Å²) in [5.41, 5.74) is -0.794. The molecule has 0 radical (unpaired) electrons. The monoisotopic (exact) mass is 237 g/mol. The van der Waals surface area contributed by atoms with Crippen LogP contribution >= 0.6 is 0 Å². The molecule has 0 aliphatic carbocycles. The van der Waals surface area contributed by atoms with Crippen LogP contribution < -0.4 is 5.32 Å². The Balaban J connectivity index is 2.58. The third-order valence-corrected chi connectivity index (χ3v) is 4.53. The molecule has 1 fully saturated rings. The van der Waals surface area contributed by atoms with Gasteiger partial charge in [0.1, 0.15) is 0 Å². The third kappa shape index (κ3) is 3.71. The number of rotatable bonds is 4. The lowest BCUT2D eigenvalue weighted by Crippen LogP contribution is -2.56. The number of nitrogens with one attached hydrogen (secondary N) is 1. The standard InChI is InChI=1S/C9H19NO4S/c1-9(6-11,7-12)10-8-3-2-4-15(13,14)5-8/h8,10-12H,2-7H2,1H3. The van der Waals surface area contributed by atoms with Gasteiger partial charge in [0, 0.05) is 6.04 Å². The van der Waals surface area contributed by atoms with Gasteiger partial charge in [0.15, 0.2) is 9.84 Å². The molecular weight excluding hydrogens is 218 g/mol. The Kier molecular flexibility index (Phi) is 4.11. The van der Waals surface area contributed by atoms with Crippen LogP contribution in [-0.2, 0) is 9.84 Å². The summed E-state index contributed by atoms with van der Waals surface area (Å²) in [7, 11) is -2.95. The lowest BCUT2D eigenvalue weighted by Gasteiger charge is -2.33. The Morgan fingerprint density at radius 1 is 1.40 bits per heavy atom. The number of aliphatic hydroxyl groups is 2. The largest absolute Gasteiger partial charge is 0.394 e. The van der Waals surface area contributed by atoms with Gasteiger partial charge in [0.2, 0.25) is 0 Å². The van der Waals surface area contributed by atoms with Gasteiger partial charge >= 0.3 is 0 Å². The average Bonchev–Trinajstić information content (AvgIpc) is 2.16. The molecule has 1 rings (SSSR count). The predicted molar refractivity (Wildman–Crippen MR) is 57.4 cm³/mol. The number of sulfone groups is 1. The maximum Gasteiger partial charge on any atom is 0.151 e. The Hall–Kier alpha value is -0.170. The van der Waals surface area contributed by atoms with Gasteiger partial charge in [-0.25, -0.2) is 8.42 Å². The van der Waals surface area contributed by atoms with Gasteiger partial charge in [-0.1, -0.05) is 0 Å². The number of hydrogen-bond acceptors (Lipinski definition) is 5. The first-order valence-corrected chi connectivity index (χ1v) is 6.93. The van der Waals surface area contributed by atoms with Crippen molar-refractivity contribution < 1.29 is 18.6 Å². The Morgan fingerprint density at radius 3 is 2.47 bits per heavy atom. The molecule has 1 atom stereocenters. The predicted octanol–water partition coefficient (Wildman–Crippen LogP) is -1.10. The Morgan fingerprint density at radius 2 is 2.00 bits per heavy atom. The number of aliphatic hydroxyl groups excluding tert-OH is 2. The zero-order chi connectivity index (χ0) is 11.5. The zero-order valence-electron chi connectivity index (χ0n) is 8.94. The van der Waals surface area contributed by atoms with Gasteiger partial charge in [-0.2, -0.15) is 0 Å². The lowest BCUT2D eigenvalue weighted by atomic mass is 10.0. The van der Waals surface area contributed by atoms with E-state index in [1.54, 1.807) is 6.92 Å². The smallest absolute Gasteiger partial charge is 0.151 e. The maximum atomic E-state index is 11.4. The van der Waals surface area contributed by atoms with Crippen LogP contribution in [0.1, 0.15) is 19.8 Å². The van der Waals surface area contributed by atoms with E-state index in [0.29, 0.717) is 6.42 Å². The SMILES string of the molecule is CC(CO)(CO)NC1CCCS(=O)(=O)C1. The first-order valence-electron chi connectivity index (χ1n) is 5.11. The van der Waals surface area contributed by atoms with Gasteiger partial charge in [-0.3, -0.25) is 0 Å². The molecule has 3 N–H and O–H groups in total. The highest BCUT2D eigenvalue weighted by Gasteiger charge is 2.31. The summed E-state index contributed by atoms with van der Waals surface area (Å²) in [4.78, 5) is 0. The summed E-state index contributed by atoms with van der Waals surface area (Å²) in [6, 6.07) is -0.159. The summed E-state index contributed by atoms with van der Waals surface area (Å²) in [5.74, 6) is 0.350. The quantitative estimate of drug-likeness (QED) is 0.577. The first-order chi connectivity index (χ1) is 6.91. The van der Waals surface area contributed by atoms with Gasteiger partial charge in [-0.05, 0) is 19.8 Å². The van der Waals surface area contributed by atoms with Crippen molar-refractivity contribution in [2.75, 3.05) is 24.7 Å². The summed E-state index contributed by atoms with van der Waals surface area (Å²) < 4.78 is 22.7. The van der Waals surface area contributed by atoms with Crippen molar-refractivity contribution in [3.8, 4) is 0 Å². The fraction of sp³-hybridized carbons (Fsp3) is 1.00. The molecule has 0 spiro atoms. The summed E-state index contributed by atoms with van der Waals surface area (Å²) in [6.07, 6.45) is 1.42. The van der Waals surface area contributed by atoms with Crippen LogP contribution in [0.3, 0.4) is 0 Å². The van der Waals surface area contributed by atoms with Gasteiger partial charge in [0.05, 0.1) is 30.3 Å². The minimum atomic E-state index is -2.95. The fourth-order valence-corrected chi connectivity index (χ4v) is 3.41. The summed E-state index contributed by atoms with van der Waals surface area (Å²) >= 11 is 0. The average molecular weight is 237 g/mol. The molecule has 0 amide bonds. The molecule has 0 aromatic rings. The first kappa shape index (κ1) is 12.9. The van der Waals surface area contributed by atoms with E-state index in [2.05, 4.69) is 5.32 Å². The lowest BCUT2D eigenvalue weighted by molar-refractivity contribution is 0.0945. The normalized spacial score (nSPS) is 26.5. The van der Waals surface area contributed by atoms with Crippen molar-refractivity contribution in [1.82, 2.24) is 5.32 Å². The summed E-state index contributed by atoms with van der Waals surface area (Å²) in [5, 5.41) is 21.2. The van der Waals surface area contributed by atoms with Crippen LogP contribution in [0.4, 0.5) is 0 Å². The minimum Gasteiger partial charge on any atom is -0.394 e. The molecule has 1 aliphatic rings. The molecule has 0 aromatic carbocycles. The second-order valence-electron chi connectivity index (χ2n) is 4.47. The fourth-order valence-electron chi connectivity index (χ4n) is 1.77. The third-order valence-electron chi connectivity index (χ3n) is 2.71. The van der Waals surface area contributed by atoms with E-state index in [4.69, 9.17) is 10.2 Å². The second kappa shape index (κ2) is 4.78. The minimum absolute atomic E-state index is 0.0998. The van der Waals surface area contributed by atoms with E-state index >= 15 is 0 Å². The zero-order valence-corrected chi connectivity index (χ0v) is 9.76. The van der Waals surface area contributed by atoms with Crippen LogP contribution in [0.25, 0.3) is 0 Å². The van der Waals surface area contributed by atoms with E-state index in [0.717, 1.165) is 6.42 Å². The second-order valence-corrected chi connectivity index (χ2v) is 6.70. The van der Waals surface area contributed by atoms with Crippen molar-refractivity contribution in [3.05, 3.63) is 0 Å². The molecule has 1 saturated heterocycles. The van der Waals surface area contributed by atoms with Crippen molar-refractivity contribution in [2.24, 2.45) is 0 Å². The molecule has 0 saturated carbocycles. The van der Waals surface area contributed by atoms with Gasteiger partial charge in [-0.15, -0.1) is 0 Å². The topological polar surface area (TPSA) is 86.6 Å². The van der Waals surface area contributed by atoms with Crippen molar-refractivity contribution in [1.29, 1.82) is 0 Å². The molecule has 15 heavy (non-hydrogen) atoms. The summed E-state index contributed by atoms with van der Waals surface area (Å²) in [6.45, 7) is 1.26. The Labute approximate surface area is 90.4 Å². The molecule has 1 heterocycles. The van der Waals surface area contributed by atoms with E-state index in [1.165, 1.54) is 0 Å². The van der Waals surface area contributed by atoms with Crippen LogP contribution in [-0.4, -0.2) is 54.9 Å². The highest BCUT2D eigenvalue weighted by Crippen LogP contribution is 2.15.